The topological polar surface area (TPSA) is 76.7 Å². The highest BCUT2D eigenvalue weighted by Gasteiger charge is 2.28. The Balaban J connectivity index is 1.61. The number of halogens is 1. The number of carbonyl (C=O) groups excluding carboxylic acids is 2. The Morgan fingerprint density at radius 2 is 1.76 bits per heavy atom. The summed E-state index contributed by atoms with van der Waals surface area (Å²) in [4.78, 5) is 24.4. The van der Waals surface area contributed by atoms with Crippen molar-refractivity contribution in [2.75, 3.05) is 13.2 Å². The Morgan fingerprint density at radius 3 is 2.36 bits per heavy atom. The Kier molecular flexibility index (Phi) is 5.51. The average Bonchev–Trinajstić information content (AvgIpc) is 2.52. The summed E-state index contributed by atoms with van der Waals surface area (Å²) in [5, 5.41) is 5.74. The van der Waals surface area contributed by atoms with Crippen LogP contribution in [0.5, 0.6) is 11.5 Å². The van der Waals surface area contributed by atoms with E-state index in [1.54, 1.807) is 6.92 Å². The minimum atomic E-state index is -0.563. The van der Waals surface area contributed by atoms with E-state index in [2.05, 4.69) is 26.6 Å². The van der Waals surface area contributed by atoms with Crippen LogP contribution in [0.15, 0.2) is 16.6 Å². The summed E-state index contributed by atoms with van der Waals surface area (Å²) in [6.45, 7) is 4.65. The fraction of sp³-hybridized carbons (Fsp3) is 0.556. The minimum Gasteiger partial charge on any atom is -0.486 e. The zero-order valence-electron chi connectivity index (χ0n) is 14.4. The van der Waals surface area contributed by atoms with Gasteiger partial charge < -0.3 is 20.1 Å². The molecule has 2 N–H and O–H groups in total. The fourth-order valence-corrected chi connectivity index (χ4v) is 3.56. The lowest BCUT2D eigenvalue weighted by Gasteiger charge is -2.27. The van der Waals surface area contributed by atoms with E-state index in [9.17, 15) is 9.59 Å². The number of hydrogen-bond donors (Lipinski definition) is 2. The zero-order valence-corrected chi connectivity index (χ0v) is 16.0. The van der Waals surface area contributed by atoms with Crippen molar-refractivity contribution in [1.29, 1.82) is 0 Å². The van der Waals surface area contributed by atoms with E-state index >= 15 is 0 Å². The quantitative estimate of drug-likeness (QED) is 0.781. The number of nitrogens with one attached hydrogen (secondary N) is 2. The molecule has 7 heteroatoms. The number of fused-ring (bicyclic) bond motifs is 1. The van der Waals surface area contributed by atoms with Gasteiger partial charge in [0.1, 0.15) is 19.3 Å². The van der Waals surface area contributed by atoms with Crippen LogP contribution >= 0.6 is 15.9 Å². The van der Waals surface area contributed by atoms with Crippen LogP contribution in [0.25, 0.3) is 0 Å². The second kappa shape index (κ2) is 7.64. The van der Waals surface area contributed by atoms with Gasteiger partial charge in [-0.2, -0.15) is 0 Å². The van der Waals surface area contributed by atoms with Gasteiger partial charge in [-0.15, -0.1) is 0 Å². The summed E-state index contributed by atoms with van der Waals surface area (Å²) >= 11 is 3.52. The van der Waals surface area contributed by atoms with Crippen molar-refractivity contribution in [2.24, 2.45) is 5.92 Å². The van der Waals surface area contributed by atoms with Gasteiger partial charge in [0.15, 0.2) is 11.5 Å². The van der Waals surface area contributed by atoms with Gasteiger partial charge in [-0.05, 0) is 44.4 Å². The van der Waals surface area contributed by atoms with Crippen LogP contribution in [-0.4, -0.2) is 31.1 Å². The number of ether oxygens (including phenoxy) is 2. The molecule has 3 rings (SSSR count). The first kappa shape index (κ1) is 18.0. The Hall–Kier alpha value is -1.76. The van der Waals surface area contributed by atoms with Crippen molar-refractivity contribution < 1.29 is 19.1 Å². The Bertz CT molecular complexity index is 675. The standard InChI is InChI=1S/C18H23BrN2O4/c1-10(13-8-15-16(9-14(13)19)25-7-6-24-15)20-17(22)11(2)21-18(23)12-4-3-5-12/h8-12H,3-7H2,1-2H3,(H,20,22)(H,21,23)/t10-,11+/m0/s1. The molecule has 1 fully saturated rings. The number of amides is 2. The summed E-state index contributed by atoms with van der Waals surface area (Å²) in [6.07, 6.45) is 2.93. The maximum atomic E-state index is 12.4. The van der Waals surface area contributed by atoms with E-state index < -0.39 is 6.04 Å². The molecular weight excluding hydrogens is 388 g/mol. The maximum absolute atomic E-state index is 12.4. The summed E-state index contributed by atoms with van der Waals surface area (Å²) in [5.74, 6) is 1.21. The van der Waals surface area contributed by atoms with Gasteiger partial charge in [0.25, 0.3) is 0 Å². The smallest absolute Gasteiger partial charge is 0.242 e. The molecule has 0 bridgehead atoms. The SMILES string of the molecule is C[C@H](NC(=O)[C@@H](C)NC(=O)C1CCC1)c1cc2c(cc1Br)OCCO2. The maximum Gasteiger partial charge on any atom is 0.242 e. The fourth-order valence-electron chi connectivity index (χ4n) is 2.89. The van der Waals surface area contributed by atoms with Gasteiger partial charge in [0, 0.05) is 10.4 Å². The lowest BCUT2D eigenvalue weighted by atomic mass is 9.84. The third-order valence-corrected chi connectivity index (χ3v) is 5.40. The van der Waals surface area contributed by atoms with Gasteiger partial charge in [-0.3, -0.25) is 9.59 Å². The number of benzene rings is 1. The second-order valence-electron chi connectivity index (χ2n) is 6.61. The van der Waals surface area contributed by atoms with Crippen LogP contribution in [0.2, 0.25) is 0 Å². The van der Waals surface area contributed by atoms with E-state index in [0.29, 0.717) is 24.7 Å². The van der Waals surface area contributed by atoms with E-state index in [4.69, 9.17) is 9.47 Å². The predicted octanol–water partition coefficient (Wildman–Crippen LogP) is 2.70. The van der Waals surface area contributed by atoms with E-state index in [1.807, 2.05) is 19.1 Å². The normalized spacial score (nSPS) is 18.7. The van der Waals surface area contributed by atoms with Crippen molar-refractivity contribution in [3.8, 4) is 11.5 Å². The van der Waals surface area contributed by atoms with Crippen LogP contribution in [0, 0.1) is 5.92 Å². The summed E-state index contributed by atoms with van der Waals surface area (Å²) in [5.41, 5.74) is 0.898. The minimum absolute atomic E-state index is 0.0259. The van der Waals surface area contributed by atoms with Gasteiger partial charge >= 0.3 is 0 Å². The van der Waals surface area contributed by atoms with E-state index in [0.717, 1.165) is 29.3 Å². The molecule has 25 heavy (non-hydrogen) atoms. The molecule has 0 spiro atoms. The molecule has 0 radical (unpaired) electrons. The molecule has 1 saturated carbocycles. The summed E-state index contributed by atoms with van der Waals surface area (Å²) < 4.78 is 12.0. The molecule has 1 heterocycles. The molecule has 2 aliphatic rings. The van der Waals surface area contributed by atoms with Crippen LogP contribution in [-0.2, 0) is 9.59 Å². The predicted molar refractivity (Wildman–Crippen MR) is 96.6 cm³/mol. The molecule has 1 aromatic rings. The highest BCUT2D eigenvalue weighted by atomic mass is 79.9. The highest BCUT2D eigenvalue weighted by Crippen LogP contribution is 2.37. The second-order valence-corrected chi connectivity index (χ2v) is 7.46. The molecule has 0 saturated heterocycles. The van der Waals surface area contributed by atoms with Crippen molar-refractivity contribution in [3.05, 3.63) is 22.2 Å². The van der Waals surface area contributed by atoms with E-state index in [-0.39, 0.29) is 23.8 Å². The first-order valence-corrected chi connectivity index (χ1v) is 9.45. The highest BCUT2D eigenvalue weighted by molar-refractivity contribution is 9.10. The van der Waals surface area contributed by atoms with Crippen LogP contribution < -0.4 is 20.1 Å². The first-order valence-electron chi connectivity index (χ1n) is 8.65. The molecule has 1 aliphatic heterocycles. The average molecular weight is 411 g/mol. The summed E-state index contributed by atoms with van der Waals surface area (Å²) in [7, 11) is 0. The lowest BCUT2D eigenvalue weighted by molar-refractivity contribution is -0.132. The third-order valence-electron chi connectivity index (χ3n) is 4.71. The molecule has 6 nitrogen and oxygen atoms in total. The summed E-state index contributed by atoms with van der Waals surface area (Å²) in [6, 6.07) is 2.93. The molecule has 1 aromatic carbocycles. The first-order chi connectivity index (χ1) is 12.0. The van der Waals surface area contributed by atoms with Crippen LogP contribution in [0.3, 0.4) is 0 Å². The zero-order chi connectivity index (χ0) is 18.0. The van der Waals surface area contributed by atoms with Crippen LogP contribution in [0.1, 0.15) is 44.7 Å². The molecule has 0 unspecified atom stereocenters. The molecule has 2 atom stereocenters. The molecule has 2 amide bonds. The number of carbonyl (C=O) groups is 2. The lowest BCUT2D eigenvalue weighted by Crippen LogP contribution is -2.48. The van der Waals surface area contributed by atoms with Gasteiger partial charge in [-0.25, -0.2) is 0 Å². The molecule has 136 valence electrons. The molecular formula is C18H23BrN2O4. The Labute approximate surface area is 155 Å². The number of rotatable bonds is 5. The molecule has 0 aromatic heterocycles. The van der Waals surface area contributed by atoms with Gasteiger partial charge in [-0.1, -0.05) is 22.4 Å². The van der Waals surface area contributed by atoms with Gasteiger partial charge in [0.05, 0.1) is 6.04 Å². The van der Waals surface area contributed by atoms with Crippen LogP contribution in [0.4, 0.5) is 0 Å². The van der Waals surface area contributed by atoms with E-state index in [1.165, 1.54) is 0 Å². The van der Waals surface area contributed by atoms with Crippen molar-refractivity contribution in [2.45, 2.75) is 45.2 Å². The van der Waals surface area contributed by atoms with Crippen molar-refractivity contribution >= 4 is 27.7 Å². The van der Waals surface area contributed by atoms with Crippen molar-refractivity contribution in [3.63, 3.8) is 0 Å². The number of hydrogen-bond acceptors (Lipinski definition) is 4. The Morgan fingerprint density at radius 1 is 1.12 bits per heavy atom. The largest absolute Gasteiger partial charge is 0.486 e. The van der Waals surface area contributed by atoms with Gasteiger partial charge in [0.2, 0.25) is 11.8 Å². The third kappa shape index (κ3) is 4.08. The molecule has 1 aliphatic carbocycles. The van der Waals surface area contributed by atoms with Crippen molar-refractivity contribution in [1.82, 2.24) is 10.6 Å². The monoisotopic (exact) mass is 410 g/mol.